The Balaban J connectivity index is 0.00000392. The van der Waals surface area contributed by atoms with Crippen molar-refractivity contribution in [2.45, 2.75) is 11.8 Å². The average Bonchev–Trinajstić information content (AvgIpc) is 2.65. The molecule has 0 unspecified atom stereocenters. The van der Waals surface area contributed by atoms with Crippen LogP contribution in [0.4, 0.5) is 5.69 Å². The van der Waals surface area contributed by atoms with E-state index in [1.165, 1.54) is 19.2 Å². The Kier molecular flexibility index (Phi) is 8.74. The molecule has 28 heavy (non-hydrogen) atoms. The summed E-state index contributed by atoms with van der Waals surface area (Å²) in [5, 5.41) is 2.98. The van der Waals surface area contributed by atoms with E-state index in [0.717, 1.165) is 0 Å². The number of ether oxygens (including phenoxy) is 1. The van der Waals surface area contributed by atoms with Crippen LogP contribution in [-0.2, 0) is 10.0 Å². The molecule has 7 nitrogen and oxygen atoms in total. The number of para-hydroxylation sites is 2. The van der Waals surface area contributed by atoms with Crippen molar-refractivity contribution in [3.63, 3.8) is 0 Å². The number of anilines is 1. The number of nitrogens with one attached hydrogen (secondary N) is 2. The second-order valence-corrected chi connectivity index (χ2v) is 7.80. The van der Waals surface area contributed by atoms with Gasteiger partial charge in [-0.05, 0) is 43.8 Å². The number of hydrogen-bond donors (Lipinski definition) is 2. The highest BCUT2D eigenvalue weighted by atomic mass is 35.5. The summed E-state index contributed by atoms with van der Waals surface area (Å²) in [6.07, 6.45) is 0. The smallest absolute Gasteiger partial charge is 0.262 e. The minimum absolute atomic E-state index is 0. The largest absolute Gasteiger partial charge is 0.495 e. The maximum absolute atomic E-state index is 12.8. The monoisotopic (exact) mass is 427 g/mol. The van der Waals surface area contributed by atoms with E-state index in [4.69, 9.17) is 4.74 Å². The van der Waals surface area contributed by atoms with E-state index >= 15 is 0 Å². The number of amides is 1. The zero-order valence-corrected chi connectivity index (χ0v) is 18.0. The van der Waals surface area contributed by atoms with Crippen molar-refractivity contribution in [1.82, 2.24) is 10.2 Å². The third-order valence-electron chi connectivity index (χ3n) is 4.14. The van der Waals surface area contributed by atoms with Crippen molar-refractivity contribution in [2.24, 2.45) is 0 Å². The highest BCUT2D eigenvalue weighted by Gasteiger charge is 2.21. The molecule has 0 aliphatic rings. The van der Waals surface area contributed by atoms with Gasteiger partial charge in [0.1, 0.15) is 5.75 Å². The summed E-state index contributed by atoms with van der Waals surface area (Å²) in [7, 11) is 1.09. The fraction of sp³-hybridized carbons (Fsp3) is 0.316. The number of nitrogens with zero attached hydrogens (tertiary/aromatic N) is 1. The number of sulfonamides is 1. The molecule has 0 aromatic heterocycles. The van der Waals surface area contributed by atoms with Gasteiger partial charge in [-0.15, -0.1) is 12.4 Å². The van der Waals surface area contributed by atoms with Crippen LogP contribution in [0.1, 0.15) is 15.9 Å². The summed E-state index contributed by atoms with van der Waals surface area (Å²) in [4.78, 5) is 14.2. The van der Waals surface area contributed by atoms with Gasteiger partial charge in [0.25, 0.3) is 15.9 Å². The highest BCUT2D eigenvalue weighted by molar-refractivity contribution is 7.92. The Hall–Kier alpha value is -2.29. The van der Waals surface area contributed by atoms with Gasteiger partial charge >= 0.3 is 0 Å². The fourth-order valence-electron chi connectivity index (χ4n) is 2.52. The zero-order valence-electron chi connectivity index (χ0n) is 16.4. The lowest BCUT2D eigenvalue weighted by Crippen LogP contribution is -2.33. The summed E-state index contributed by atoms with van der Waals surface area (Å²) in [5.41, 5.74) is 1.41. The molecule has 2 rings (SSSR count). The summed E-state index contributed by atoms with van der Waals surface area (Å²) < 4.78 is 33.3. The first-order valence-electron chi connectivity index (χ1n) is 8.46. The lowest BCUT2D eigenvalue weighted by molar-refractivity contribution is 0.0796. The Bertz CT molecular complexity index is 919. The molecule has 0 radical (unpaired) electrons. The Labute approximate surface area is 172 Å². The fourth-order valence-corrected chi connectivity index (χ4v) is 3.61. The minimum atomic E-state index is -3.87. The van der Waals surface area contributed by atoms with Crippen LogP contribution in [0.5, 0.6) is 5.75 Å². The number of rotatable bonds is 8. The van der Waals surface area contributed by atoms with Crippen LogP contribution in [0, 0.1) is 6.92 Å². The van der Waals surface area contributed by atoms with Gasteiger partial charge in [-0.1, -0.05) is 18.2 Å². The molecule has 0 spiro atoms. The molecule has 2 aromatic carbocycles. The van der Waals surface area contributed by atoms with Gasteiger partial charge < -0.3 is 15.0 Å². The topological polar surface area (TPSA) is 87.7 Å². The van der Waals surface area contributed by atoms with Crippen LogP contribution >= 0.6 is 12.4 Å². The van der Waals surface area contributed by atoms with Crippen molar-refractivity contribution in [3.8, 4) is 5.75 Å². The molecule has 0 atom stereocenters. The quantitative estimate of drug-likeness (QED) is 0.675. The summed E-state index contributed by atoms with van der Waals surface area (Å²) in [6, 6.07) is 11.3. The van der Waals surface area contributed by atoms with E-state index in [1.807, 2.05) is 0 Å². The molecule has 0 aliphatic heterocycles. The lowest BCUT2D eigenvalue weighted by Gasteiger charge is -2.19. The molecular weight excluding hydrogens is 402 g/mol. The molecule has 0 aliphatic carbocycles. The first-order valence-corrected chi connectivity index (χ1v) is 9.95. The van der Waals surface area contributed by atoms with Crippen LogP contribution in [0.15, 0.2) is 47.4 Å². The van der Waals surface area contributed by atoms with E-state index in [-0.39, 0.29) is 23.2 Å². The predicted molar refractivity (Wildman–Crippen MR) is 113 cm³/mol. The standard InChI is InChI=1S/C19H25N3O4S.ClH/c1-14-9-10-15(13-16(14)19(23)22(3)12-11-20-2)27(24,25)21-17-7-5-6-8-18(17)26-4;/h5-10,13,20-21H,11-12H2,1-4H3;1H. The number of hydrogen-bond acceptors (Lipinski definition) is 5. The number of carbonyl (C=O) groups excluding carboxylic acids is 1. The van der Waals surface area contributed by atoms with Gasteiger partial charge in [0.15, 0.2) is 0 Å². The maximum Gasteiger partial charge on any atom is 0.262 e. The van der Waals surface area contributed by atoms with Gasteiger partial charge in [-0.25, -0.2) is 8.42 Å². The third-order valence-corrected chi connectivity index (χ3v) is 5.51. The molecule has 0 fully saturated rings. The molecule has 0 saturated carbocycles. The Morgan fingerprint density at radius 3 is 2.50 bits per heavy atom. The normalized spacial score (nSPS) is 10.7. The number of carbonyl (C=O) groups is 1. The van der Waals surface area contributed by atoms with Crippen molar-refractivity contribution in [3.05, 3.63) is 53.6 Å². The molecule has 1 amide bonds. The van der Waals surface area contributed by atoms with Crippen LogP contribution in [-0.4, -0.2) is 53.5 Å². The van der Waals surface area contributed by atoms with Crippen LogP contribution in [0.2, 0.25) is 0 Å². The molecule has 154 valence electrons. The van der Waals surface area contributed by atoms with Crippen molar-refractivity contribution >= 4 is 34.0 Å². The van der Waals surface area contributed by atoms with Crippen LogP contribution in [0.3, 0.4) is 0 Å². The van der Waals surface area contributed by atoms with Crippen molar-refractivity contribution in [1.29, 1.82) is 0 Å². The van der Waals surface area contributed by atoms with Gasteiger partial charge in [0.05, 0.1) is 17.7 Å². The number of halogens is 1. The first kappa shape index (κ1) is 23.7. The molecule has 0 bridgehead atoms. The predicted octanol–water partition coefficient (Wildman–Crippen LogP) is 2.52. The van der Waals surface area contributed by atoms with Gasteiger partial charge in [0.2, 0.25) is 0 Å². The maximum atomic E-state index is 12.8. The van der Waals surface area contributed by atoms with Gasteiger partial charge in [-0.3, -0.25) is 9.52 Å². The Morgan fingerprint density at radius 1 is 1.18 bits per heavy atom. The van der Waals surface area contributed by atoms with E-state index in [0.29, 0.717) is 35.7 Å². The lowest BCUT2D eigenvalue weighted by atomic mass is 10.1. The van der Waals surface area contributed by atoms with Crippen molar-refractivity contribution < 1.29 is 17.9 Å². The molecular formula is C19H26ClN3O4S. The van der Waals surface area contributed by atoms with E-state index < -0.39 is 10.0 Å². The zero-order chi connectivity index (χ0) is 20.0. The number of likely N-dealkylation sites (N-methyl/N-ethyl adjacent to an activating group) is 2. The van der Waals surface area contributed by atoms with Gasteiger partial charge in [-0.2, -0.15) is 0 Å². The number of benzene rings is 2. The summed E-state index contributed by atoms with van der Waals surface area (Å²) in [6.45, 7) is 2.95. The molecule has 0 heterocycles. The number of aryl methyl sites for hydroxylation is 1. The van der Waals surface area contributed by atoms with Crippen molar-refractivity contribution in [2.75, 3.05) is 39.0 Å². The molecule has 0 saturated heterocycles. The number of methoxy groups -OCH3 is 1. The molecule has 9 heteroatoms. The van der Waals surface area contributed by atoms with E-state index in [9.17, 15) is 13.2 Å². The second kappa shape index (κ2) is 10.3. The first-order chi connectivity index (χ1) is 12.8. The minimum Gasteiger partial charge on any atom is -0.495 e. The summed E-state index contributed by atoms with van der Waals surface area (Å²) in [5.74, 6) is 0.188. The van der Waals surface area contributed by atoms with Gasteiger partial charge in [0, 0.05) is 25.7 Å². The van der Waals surface area contributed by atoms with E-state index in [2.05, 4.69) is 10.0 Å². The third kappa shape index (κ3) is 5.60. The van der Waals surface area contributed by atoms with Crippen LogP contribution in [0.25, 0.3) is 0 Å². The highest BCUT2D eigenvalue weighted by Crippen LogP contribution is 2.27. The second-order valence-electron chi connectivity index (χ2n) is 6.11. The molecule has 2 aromatic rings. The molecule has 2 N–H and O–H groups in total. The Morgan fingerprint density at radius 2 is 1.86 bits per heavy atom. The van der Waals surface area contributed by atoms with Crippen LogP contribution < -0.4 is 14.8 Å². The SMILES string of the molecule is CNCCN(C)C(=O)c1cc(S(=O)(=O)Nc2ccccc2OC)ccc1C.Cl. The van der Waals surface area contributed by atoms with E-state index in [1.54, 1.807) is 56.3 Å². The summed E-state index contributed by atoms with van der Waals surface area (Å²) >= 11 is 0. The average molecular weight is 428 g/mol.